The number of ether oxygens (including phenoxy) is 2. The van der Waals surface area contributed by atoms with Crippen LogP contribution in [0.2, 0.25) is 0 Å². The zero-order chi connectivity index (χ0) is 26.7. The lowest BCUT2D eigenvalue weighted by molar-refractivity contribution is 0.172. The van der Waals surface area contributed by atoms with Gasteiger partial charge in [0.1, 0.15) is 24.8 Å². The molecule has 0 fully saturated rings. The Bertz CT molecular complexity index is 1430. The van der Waals surface area contributed by atoms with Gasteiger partial charge in [-0.15, -0.1) is 0 Å². The SMILES string of the molecule is CN(C)c1ccc(-c2nc3cc4c(cc3n2-c2cc(C(C)(C)C)c(O)c(C(C)(C)C)c2)OCCO4)cc1. The Morgan fingerprint density at radius 1 is 0.811 bits per heavy atom. The quantitative estimate of drug-likeness (QED) is 0.335. The Morgan fingerprint density at radius 2 is 1.35 bits per heavy atom. The van der Waals surface area contributed by atoms with Crippen molar-refractivity contribution in [3.63, 3.8) is 0 Å². The summed E-state index contributed by atoms with van der Waals surface area (Å²) < 4.78 is 14.0. The van der Waals surface area contributed by atoms with Crippen LogP contribution in [0.25, 0.3) is 28.1 Å². The molecule has 194 valence electrons. The highest BCUT2D eigenvalue weighted by atomic mass is 16.6. The van der Waals surface area contributed by atoms with E-state index in [1.165, 1.54) is 0 Å². The van der Waals surface area contributed by atoms with Crippen LogP contribution < -0.4 is 14.4 Å². The molecule has 0 aliphatic carbocycles. The van der Waals surface area contributed by atoms with Gasteiger partial charge in [-0.2, -0.15) is 0 Å². The molecule has 1 aliphatic heterocycles. The molecule has 6 heteroatoms. The summed E-state index contributed by atoms with van der Waals surface area (Å²) in [4.78, 5) is 7.18. The number of phenolic OH excluding ortho intramolecular Hbond substituents is 1. The van der Waals surface area contributed by atoms with Gasteiger partial charge in [-0.3, -0.25) is 4.57 Å². The van der Waals surface area contributed by atoms with Crippen molar-refractivity contribution < 1.29 is 14.6 Å². The Balaban J connectivity index is 1.84. The van der Waals surface area contributed by atoms with Crippen LogP contribution in [0, 0.1) is 0 Å². The van der Waals surface area contributed by atoms with Gasteiger partial charge in [0, 0.05) is 54.3 Å². The number of hydrogen-bond donors (Lipinski definition) is 1. The predicted octanol–water partition coefficient (Wildman–Crippen LogP) is 6.83. The number of imidazole rings is 1. The summed E-state index contributed by atoms with van der Waals surface area (Å²) in [5.41, 5.74) is 6.16. The number of aromatic nitrogens is 2. The molecular weight excluding hydrogens is 462 g/mol. The van der Waals surface area contributed by atoms with E-state index in [1.54, 1.807) is 0 Å². The highest BCUT2D eigenvalue weighted by Crippen LogP contribution is 2.43. The molecule has 5 rings (SSSR count). The first kappa shape index (κ1) is 25.0. The molecule has 1 N–H and O–H groups in total. The van der Waals surface area contributed by atoms with Gasteiger partial charge in [-0.1, -0.05) is 41.5 Å². The Kier molecular flexibility index (Phi) is 5.89. The molecule has 6 nitrogen and oxygen atoms in total. The van der Waals surface area contributed by atoms with E-state index >= 15 is 0 Å². The number of nitrogens with zero attached hydrogens (tertiary/aromatic N) is 3. The van der Waals surface area contributed by atoms with E-state index in [-0.39, 0.29) is 10.8 Å². The van der Waals surface area contributed by atoms with Crippen molar-refractivity contribution in [2.75, 3.05) is 32.2 Å². The summed E-state index contributed by atoms with van der Waals surface area (Å²) in [5, 5.41) is 11.4. The largest absolute Gasteiger partial charge is 0.507 e. The lowest BCUT2D eigenvalue weighted by Crippen LogP contribution is -2.18. The van der Waals surface area contributed by atoms with Gasteiger partial charge in [-0.25, -0.2) is 4.98 Å². The molecule has 0 amide bonds. The summed E-state index contributed by atoms with van der Waals surface area (Å²) in [6.45, 7) is 13.8. The summed E-state index contributed by atoms with van der Waals surface area (Å²) >= 11 is 0. The number of benzene rings is 3. The van der Waals surface area contributed by atoms with Crippen molar-refractivity contribution in [1.82, 2.24) is 9.55 Å². The number of fused-ring (bicyclic) bond motifs is 2. The van der Waals surface area contributed by atoms with Gasteiger partial charge in [0.15, 0.2) is 11.5 Å². The van der Waals surface area contributed by atoms with Crippen LogP contribution >= 0.6 is 0 Å². The second-order valence-electron chi connectivity index (χ2n) is 12.1. The third-order valence-electron chi connectivity index (χ3n) is 6.93. The van der Waals surface area contributed by atoms with E-state index in [2.05, 4.69) is 87.4 Å². The second kappa shape index (κ2) is 8.72. The van der Waals surface area contributed by atoms with Crippen molar-refractivity contribution in [2.24, 2.45) is 0 Å². The van der Waals surface area contributed by atoms with Crippen LogP contribution in [0.4, 0.5) is 5.69 Å². The maximum absolute atomic E-state index is 11.4. The minimum atomic E-state index is -0.250. The third-order valence-corrected chi connectivity index (χ3v) is 6.93. The summed E-state index contributed by atoms with van der Waals surface area (Å²) in [7, 11) is 4.07. The number of phenols is 1. The van der Waals surface area contributed by atoms with Crippen molar-refractivity contribution in [3.8, 4) is 34.3 Å². The lowest BCUT2D eigenvalue weighted by atomic mass is 9.79. The molecule has 0 spiro atoms. The lowest BCUT2D eigenvalue weighted by Gasteiger charge is -2.28. The molecule has 0 saturated heterocycles. The summed E-state index contributed by atoms with van der Waals surface area (Å²) in [6, 6.07) is 16.6. The topological polar surface area (TPSA) is 59.8 Å². The molecule has 1 aliphatic rings. The fourth-order valence-corrected chi connectivity index (χ4v) is 4.87. The molecule has 2 heterocycles. The van der Waals surface area contributed by atoms with E-state index in [9.17, 15) is 5.11 Å². The Hall–Kier alpha value is -3.67. The van der Waals surface area contributed by atoms with Gasteiger partial charge in [0.2, 0.25) is 0 Å². The van der Waals surface area contributed by atoms with Crippen LogP contribution in [0.5, 0.6) is 17.2 Å². The van der Waals surface area contributed by atoms with Gasteiger partial charge in [0.25, 0.3) is 0 Å². The van der Waals surface area contributed by atoms with Crippen LogP contribution in [0.3, 0.4) is 0 Å². The first-order valence-electron chi connectivity index (χ1n) is 12.8. The predicted molar refractivity (Wildman–Crippen MR) is 151 cm³/mol. The molecule has 0 radical (unpaired) electrons. The van der Waals surface area contributed by atoms with Gasteiger partial charge < -0.3 is 19.5 Å². The fraction of sp³-hybridized carbons (Fsp3) is 0.387. The van der Waals surface area contributed by atoms with Crippen LogP contribution in [-0.2, 0) is 10.8 Å². The van der Waals surface area contributed by atoms with Crippen LogP contribution in [-0.4, -0.2) is 42.0 Å². The van der Waals surface area contributed by atoms with Crippen LogP contribution in [0.15, 0.2) is 48.5 Å². The molecule has 0 bridgehead atoms. The van der Waals surface area contributed by atoms with E-state index in [1.807, 2.05) is 26.2 Å². The zero-order valence-corrected chi connectivity index (χ0v) is 23.1. The summed E-state index contributed by atoms with van der Waals surface area (Å²) in [6.07, 6.45) is 0. The summed E-state index contributed by atoms with van der Waals surface area (Å²) in [5.74, 6) is 2.63. The first-order chi connectivity index (χ1) is 17.3. The smallest absolute Gasteiger partial charge is 0.163 e. The van der Waals surface area contributed by atoms with Crippen molar-refractivity contribution in [2.45, 2.75) is 52.4 Å². The number of rotatable bonds is 3. The monoisotopic (exact) mass is 499 g/mol. The Morgan fingerprint density at radius 3 is 1.86 bits per heavy atom. The van der Waals surface area contributed by atoms with Crippen molar-refractivity contribution in [3.05, 3.63) is 59.7 Å². The van der Waals surface area contributed by atoms with Crippen LogP contribution in [0.1, 0.15) is 52.7 Å². The maximum Gasteiger partial charge on any atom is 0.163 e. The average molecular weight is 500 g/mol. The third kappa shape index (κ3) is 4.50. The van der Waals surface area contributed by atoms with E-state index in [0.29, 0.717) is 19.0 Å². The van der Waals surface area contributed by atoms with Gasteiger partial charge in [-0.05, 0) is 47.2 Å². The first-order valence-corrected chi connectivity index (χ1v) is 12.8. The number of anilines is 1. The zero-order valence-electron chi connectivity index (χ0n) is 23.1. The van der Waals surface area contributed by atoms with E-state index in [0.717, 1.165) is 56.4 Å². The van der Waals surface area contributed by atoms with Gasteiger partial charge >= 0.3 is 0 Å². The van der Waals surface area contributed by atoms with Gasteiger partial charge in [0.05, 0.1) is 11.0 Å². The highest BCUT2D eigenvalue weighted by molar-refractivity contribution is 5.87. The fourth-order valence-electron chi connectivity index (χ4n) is 4.87. The minimum absolute atomic E-state index is 0.250. The molecular formula is C31H37N3O3. The normalized spacial score (nSPS) is 13.7. The molecule has 0 saturated carbocycles. The van der Waals surface area contributed by atoms with E-state index in [4.69, 9.17) is 14.5 Å². The molecule has 0 atom stereocenters. The minimum Gasteiger partial charge on any atom is -0.507 e. The number of aromatic hydroxyl groups is 1. The van der Waals surface area contributed by atoms with Crippen molar-refractivity contribution >= 4 is 16.7 Å². The maximum atomic E-state index is 11.4. The molecule has 4 aromatic rings. The molecule has 37 heavy (non-hydrogen) atoms. The van der Waals surface area contributed by atoms with E-state index < -0.39 is 0 Å². The standard InChI is InChI=1S/C31H37N3O3/c1-30(2,3)22-15-21(16-23(28(22)35)31(4,5)6)34-25-18-27-26(36-13-14-37-27)17-24(25)32-29(34)19-9-11-20(12-10-19)33(7)8/h9-12,15-18,35H,13-14H2,1-8H3. The molecule has 1 aromatic heterocycles. The Labute approximate surface area is 219 Å². The van der Waals surface area contributed by atoms with Crippen molar-refractivity contribution in [1.29, 1.82) is 0 Å². The molecule has 0 unspecified atom stereocenters. The average Bonchev–Trinajstić information content (AvgIpc) is 3.19. The highest BCUT2D eigenvalue weighted by Gasteiger charge is 2.28. The second-order valence-corrected chi connectivity index (χ2v) is 12.1. The number of hydrogen-bond acceptors (Lipinski definition) is 5. The molecule has 3 aromatic carbocycles.